The van der Waals surface area contributed by atoms with Crippen LogP contribution in [0.2, 0.25) is 0 Å². The van der Waals surface area contributed by atoms with Gasteiger partial charge in [0, 0.05) is 0 Å². The van der Waals surface area contributed by atoms with Crippen LogP contribution in [-0.2, 0) is 25.4 Å². The molecule has 0 spiro atoms. The zero-order valence-corrected chi connectivity index (χ0v) is 51.3. The molecule has 8 rings (SSSR count). The first-order chi connectivity index (χ1) is 33.4. The fraction of sp³-hybridized carbons (Fsp3) is 0.542. The van der Waals surface area contributed by atoms with Crippen LogP contribution >= 0.6 is 46.7 Å². The van der Waals surface area contributed by atoms with Crippen LogP contribution in [0.25, 0.3) is 0 Å². The topological polar surface area (TPSA) is 24.9 Å². The van der Waals surface area contributed by atoms with Crippen molar-refractivity contribution < 1.29 is 34.9 Å². The predicted molar refractivity (Wildman–Crippen MR) is 307 cm³/mol. The van der Waals surface area contributed by atoms with Gasteiger partial charge in [-0.15, -0.1) is 0 Å². The maximum atomic E-state index is 7.55. The van der Waals surface area contributed by atoms with Gasteiger partial charge in [0.05, 0.1) is 0 Å². The summed E-state index contributed by atoms with van der Waals surface area (Å²) in [5, 5.41) is 0. The SMILES string of the molecule is C1CCC(P(C2CCCCC2)C2CCCCC2)CC1.CC(C)Oc1ccccc1[CH]=[Ru]([Cl])[Cl].Cc1cc(C)c(N2CCN(c3c(C)cc(C)cc3C)[C]2=[Ru]([Cl])([Cl])=[CH]c2ccccc2OC(C)C)c(C)c1. The van der Waals surface area contributed by atoms with E-state index in [1.165, 1.54) is 81.0 Å². The van der Waals surface area contributed by atoms with Crippen LogP contribution in [0.4, 0.5) is 11.4 Å². The molecule has 4 aromatic carbocycles. The Kier molecular flexibility index (Phi) is 23.0. The van der Waals surface area contributed by atoms with Crippen molar-refractivity contribution in [1.29, 1.82) is 0 Å². The molecule has 1 saturated heterocycles. The summed E-state index contributed by atoms with van der Waals surface area (Å²) in [5.74, 6) is 1.66. The normalized spacial score (nSPS) is 17.8. The van der Waals surface area contributed by atoms with E-state index in [9.17, 15) is 0 Å². The van der Waals surface area contributed by atoms with Crippen molar-refractivity contribution in [2.24, 2.45) is 0 Å². The van der Waals surface area contributed by atoms with Crippen molar-refractivity contribution in [1.82, 2.24) is 0 Å². The molecule has 0 N–H and O–H groups in total. The molecule has 70 heavy (non-hydrogen) atoms. The average Bonchev–Trinajstić information content (AvgIpc) is 3.73. The molecule has 4 aliphatic rings. The Morgan fingerprint density at radius 1 is 0.543 bits per heavy atom. The Hall–Kier alpha value is -1.47. The fourth-order valence-corrected chi connectivity index (χ4v) is 24.0. The molecule has 11 heteroatoms. The Morgan fingerprint density at radius 2 is 0.886 bits per heavy atom. The molecule has 4 aromatic rings. The Morgan fingerprint density at radius 3 is 1.24 bits per heavy atom. The molecule has 0 aromatic heterocycles. The monoisotopic (exact) mass is 1230 g/mol. The van der Waals surface area contributed by atoms with Gasteiger partial charge in [0.1, 0.15) is 0 Å². The summed E-state index contributed by atoms with van der Waals surface area (Å²) in [7, 11) is 27.1. The second-order valence-corrected chi connectivity index (χ2v) is 38.7. The van der Waals surface area contributed by atoms with Crippen LogP contribution in [0.3, 0.4) is 0 Å². The second kappa shape index (κ2) is 27.9. The summed E-state index contributed by atoms with van der Waals surface area (Å²) >= 11 is -5.39. The summed E-state index contributed by atoms with van der Waals surface area (Å²) in [6, 6.07) is 24.8. The van der Waals surface area contributed by atoms with E-state index >= 15 is 0 Å². The molecule has 3 saturated carbocycles. The molecule has 4 nitrogen and oxygen atoms in total. The molecule has 4 fully saturated rings. The summed E-state index contributed by atoms with van der Waals surface area (Å²) in [6.07, 6.45) is 23.8. The molecule has 3 aliphatic carbocycles. The van der Waals surface area contributed by atoms with E-state index in [4.69, 9.17) is 48.2 Å². The molecule has 0 amide bonds. The van der Waals surface area contributed by atoms with Crippen LogP contribution in [-0.4, -0.2) is 55.8 Å². The van der Waals surface area contributed by atoms with Gasteiger partial charge in [-0.25, -0.2) is 0 Å². The van der Waals surface area contributed by atoms with Crippen molar-refractivity contribution in [2.75, 3.05) is 22.9 Å². The van der Waals surface area contributed by atoms with Gasteiger partial charge in [-0.1, -0.05) is 65.7 Å². The molecular weight excluding hydrogens is 1140 g/mol. The number of para-hydroxylation sites is 2. The van der Waals surface area contributed by atoms with E-state index < -0.39 is 25.4 Å². The summed E-state index contributed by atoms with van der Waals surface area (Å²) < 4.78 is 16.7. The number of aryl methyl sites for hydroxylation is 6. The van der Waals surface area contributed by atoms with Crippen LogP contribution in [0.1, 0.15) is 169 Å². The number of nitrogens with zero attached hydrogens (tertiary/aromatic N) is 2. The van der Waals surface area contributed by atoms with E-state index in [0.29, 0.717) is 7.92 Å². The van der Waals surface area contributed by atoms with Gasteiger partial charge in [0.15, 0.2) is 0 Å². The van der Waals surface area contributed by atoms with E-state index in [2.05, 4.69) is 80.2 Å². The molecule has 0 bridgehead atoms. The molecule has 0 unspecified atom stereocenters. The van der Waals surface area contributed by atoms with Crippen LogP contribution in [0.15, 0.2) is 72.8 Å². The van der Waals surface area contributed by atoms with Crippen molar-refractivity contribution in [2.45, 2.75) is 195 Å². The van der Waals surface area contributed by atoms with Crippen LogP contribution < -0.4 is 19.3 Å². The molecule has 1 aliphatic heterocycles. The van der Waals surface area contributed by atoms with Crippen molar-refractivity contribution in [3.8, 4) is 11.5 Å². The van der Waals surface area contributed by atoms with Gasteiger partial charge in [-0.2, -0.15) is 0 Å². The van der Waals surface area contributed by atoms with Crippen molar-refractivity contribution in [3.05, 3.63) is 117 Å². The number of anilines is 2. The zero-order chi connectivity index (χ0) is 50.5. The van der Waals surface area contributed by atoms with Crippen LogP contribution in [0.5, 0.6) is 11.5 Å². The molecule has 1 heterocycles. The van der Waals surface area contributed by atoms with Gasteiger partial charge in [-0.05, 0) is 55.5 Å². The number of ether oxygens (including phenoxy) is 2. The van der Waals surface area contributed by atoms with E-state index in [1.54, 1.807) is 77.0 Å². The van der Waals surface area contributed by atoms with E-state index in [0.717, 1.165) is 40.1 Å². The Labute approximate surface area is 449 Å². The van der Waals surface area contributed by atoms with Gasteiger partial charge < -0.3 is 0 Å². The minimum atomic E-state index is -3.62. The standard InChI is InChI=1S/C21H26N2.C18H33P.2C10H12O.4ClH.2Ru/c1-14-9-16(3)20(17(4)10-14)22-7-8-23(13-22)21-18(5)11-15(2)12-19(21)6;1-4-10-16(11-5-1)19(17-12-6-2-7-13-17)18-14-8-3-9-15-18;2*1-8(2)11-10-7-5-4-6-9(10)3;;;;;;/h9-12H,7-8H2,1-6H3;16-18H,1-15H2;2*3-8H,1-2H3;4*1H;;/q;;;;;;;;2*+2/p-4. The predicted octanol–water partition coefficient (Wildman–Crippen LogP) is 18.1. The van der Waals surface area contributed by atoms with Gasteiger partial charge >= 0.3 is 332 Å². The average molecular weight is 1230 g/mol. The fourth-order valence-electron chi connectivity index (χ4n) is 11.5. The number of rotatable bonds is 11. The molecular formula is C59H83Cl4N2O2PRu2. The summed E-state index contributed by atoms with van der Waals surface area (Å²) in [5.41, 5.74) is 15.4. The maximum absolute atomic E-state index is 7.55. The Bertz CT molecular complexity index is 2330. The first-order valence-corrected chi connectivity index (χ1v) is 39.5. The molecule has 390 valence electrons. The van der Waals surface area contributed by atoms with Crippen molar-refractivity contribution in [3.63, 3.8) is 0 Å². The van der Waals surface area contributed by atoms with Crippen molar-refractivity contribution >= 4 is 71.6 Å². The summed E-state index contributed by atoms with van der Waals surface area (Å²) in [6.45, 7) is 22.7. The summed E-state index contributed by atoms with van der Waals surface area (Å²) in [4.78, 5) is 4.77. The third-order valence-electron chi connectivity index (χ3n) is 14.0. The van der Waals surface area contributed by atoms with Gasteiger partial charge in [0.2, 0.25) is 0 Å². The third-order valence-corrected chi connectivity index (χ3v) is 25.4. The zero-order valence-electron chi connectivity index (χ0n) is 43.9. The number of hydrogen-bond donors (Lipinski definition) is 0. The van der Waals surface area contributed by atoms with Crippen LogP contribution in [0, 0.1) is 41.5 Å². The number of hydrogen-bond acceptors (Lipinski definition) is 4. The van der Waals surface area contributed by atoms with Gasteiger partial charge in [0.25, 0.3) is 0 Å². The number of benzene rings is 4. The third kappa shape index (κ3) is 16.3. The molecule has 0 radical (unpaired) electrons. The van der Waals surface area contributed by atoms with E-state index in [-0.39, 0.29) is 12.2 Å². The molecule has 0 atom stereocenters. The number of halogens is 4. The second-order valence-electron chi connectivity index (χ2n) is 20.6. The quantitative estimate of drug-likeness (QED) is 0.110. The van der Waals surface area contributed by atoms with E-state index in [1.807, 2.05) is 80.8 Å². The first-order valence-electron chi connectivity index (χ1n) is 26.1. The van der Waals surface area contributed by atoms with Gasteiger partial charge in [-0.3, -0.25) is 0 Å². The minimum absolute atomic E-state index is 0.0582. The Balaban J connectivity index is 0.000000201. The first kappa shape index (κ1) is 57.8.